The van der Waals surface area contributed by atoms with Gasteiger partial charge in [-0.15, -0.1) is 0 Å². The van der Waals surface area contributed by atoms with E-state index in [0.29, 0.717) is 5.75 Å². The molecule has 1 aromatic carbocycles. The van der Waals surface area contributed by atoms with E-state index in [1.165, 1.54) is 11.1 Å². The van der Waals surface area contributed by atoms with Gasteiger partial charge in [-0.3, -0.25) is 4.79 Å². The van der Waals surface area contributed by atoms with Crippen molar-refractivity contribution in [2.24, 2.45) is 0 Å². The number of carbonyl (C=O) groups is 1. The zero-order valence-corrected chi connectivity index (χ0v) is 11.2. The van der Waals surface area contributed by atoms with Gasteiger partial charge in [-0.1, -0.05) is 29.8 Å². The molecule has 0 aliphatic carbocycles. The molecule has 0 heterocycles. The summed E-state index contributed by atoms with van der Waals surface area (Å²) in [6.07, 6.45) is 1.95. The summed E-state index contributed by atoms with van der Waals surface area (Å²) in [5, 5.41) is 0. The molecule has 0 radical (unpaired) electrons. The Morgan fingerprint density at radius 2 is 1.94 bits per heavy atom. The Morgan fingerprint density at radius 1 is 1.38 bits per heavy atom. The van der Waals surface area contributed by atoms with Crippen LogP contribution in [0.25, 0.3) is 0 Å². The SMILES string of the molecule is CSCC(=O)N(C)C(C)c1ccc(C)cc1. The molecular weight excluding hydrogens is 218 g/mol. The van der Waals surface area contributed by atoms with Crippen molar-refractivity contribution in [1.29, 1.82) is 0 Å². The summed E-state index contributed by atoms with van der Waals surface area (Å²) < 4.78 is 0. The highest BCUT2D eigenvalue weighted by Crippen LogP contribution is 2.19. The highest BCUT2D eigenvalue weighted by molar-refractivity contribution is 7.99. The van der Waals surface area contributed by atoms with Crippen molar-refractivity contribution in [1.82, 2.24) is 4.90 Å². The van der Waals surface area contributed by atoms with Gasteiger partial charge in [-0.2, -0.15) is 11.8 Å². The summed E-state index contributed by atoms with van der Waals surface area (Å²) in [7, 11) is 1.86. The largest absolute Gasteiger partial charge is 0.338 e. The molecule has 0 N–H and O–H groups in total. The van der Waals surface area contributed by atoms with Crippen molar-refractivity contribution < 1.29 is 4.79 Å². The van der Waals surface area contributed by atoms with Crippen molar-refractivity contribution in [3.63, 3.8) is 0 Å². The lowest BCUT2D eigenvalue weighted by molar-refractivity contribution is -0.128. The number of hydrogen-bond donors (Lipinski definition) is 0. The number of nitrogens with zero attached hydrogens (tertiary/aromatic N) is 1. The van der Waals surface area contributed by atoms with Gasteiger partial charge in [-0.25, -0.2) is 0 Å². The maximum absolute atomic E-state index is 11.7. The Balaban J connectivity index is 2.73. The summed E-state index contributed by atoms with van der Waals surface area (Å²) in [6.45, 7) is 4.12. The van der Waals surface area contributed by atoms with E-state index in [-0.39, 0.29) is 11.9 Å². The minimum absolute atomic E-state index is 0.139. The average molecular weight is 237 g/mol. The number of rotatable bonds is 4. The van der Waals surface area contributed by atoms with Gasteiger partial charge in [0.05, 0.1) is 11.8 Å². The van der Waals surface area contributed by atoms with Crippen molar-refractivity contribution >= 4 is 17.7 Å². The number of amides is 1. The molecule has 3 heteroatoms. The average Bonchev–Trinajstić information content (AvgIpc) is 2.28. The van der Waals surface area contributed by atoms with E-state index in [0.717, 1.165) is 0 Å². The van der Waals surface area contributed by atoms with Gasteiger partial charge in [0, 0.05) is 7.05 Å². The predicted molar refractivity (Wildman–Crippen MR) is 70.7 cm³/mol. The Bertz CT molecular complexity index is 347. The molecule has 0 bridgehead atoms. The summed E-state index contributed by atoms with van der Waals surface area (Å²) in [5.41, 5.74) is 2.43. The van der Waals surface area contributed by atoms with Gasteiger partial charge < -0.3 is 4.90 Å². The number of benzene rings is 1. The van der Waals surface area contributed by atoms with Gasteiger partial charge in [0.15, 0.2) is 0 Å². The summed E-state index contributed by atoms with van der Waals surface area (Å²) >= 11 is 1.56. The summed E-state index contributed by atoms with van der Waals surface area (Å²) in [5.74, 6) is 0.729. The van der Waals surface area contributed by atoms with Crippen LogP contribution in [0.15, 0.2) is 24.3 Å². The molecule has 2 nitrogen and oxygen atoms in total. The molecule has 1 unspecified atom stereocenters. The number of hydrogen-bond acceptors (Lipinski definition) is 2. The van der Waals surface area contributed by atoms with E-state index >= 15 is 0 Å². The van der Waals surface area contributed by atoms with E-state index in [1.54, 1.807) is 16.7 Å². The third-order valence-corrected chi connectivity index (χ3v) is 3.34. The highest BCUT2D eigenvalue weighted by atomic mass is 32.2. The lowest BCUT2D eigenvalue weighted by Crippen LogP contribution is -2.30. The van der Waals surface area contributed by atoms with Crippen LogP contribution < -0.4 is 0 Å². The van der Waals surface area contributed by atoms with Crippen LogP contribution in [0, 0.1) is 6.92 Å². The van der Waals surface area contributed by atoms with Gasteiger partial charge in [-0.05, 0) is 25.7 Å². The Labute approximate surface area is 102 Å². The summed E-state index contributed by atoms with van der Waals surface area (Å²) in [4.78, 5) is 13.5. The molecule has 0 saturated heterocycles. The first-order valence-electron chi connectivity index (χ1n) is 5.37. The quantitative estimate of drug-likeness (QED) is 0.802. The Kier molecular flexibility index (Phi) is 4.87. The Morgan fingerprint density at radius 3 is 2.44 bits per heavy atom. The smallest absolute Gasteiger partial charge is 0.232 e. The van der Waals surface area contributed by atoms with Crippen LogP contribution in [0.5, 0.6) is 0 Å². The molecule has 0 saturated carbocycles. The summed E-state index contributed by atoms with van der Waals surface area (Å²) in [6, 6.07) is 8.48. The Hall–Kier alpha value is -0.960. The van der Waals surface area contributed by atoms with Crippen LogP contribution in [0.1, 0.15) is 24.1 Å². The number of carbonyl (C=O) groups excluding carboxylic acids is 1. The normalized spacial score (nSPS) is 12.2. The molecule has 0 aliphatic rings. The zero-order chi connectivity index (χ0) is 12.1. The van der Waals surface area contributed by atoms with E-state index in [4.69, 9.17) is 0 Å². The van der Waals surface area contributed by atoms with E-state index in [1.807, 2.05) is 13.3 Å². The molecule has 88 valence electrons. The maximum Gasteiger partial charge on any atom is 0.232 e. The van der Waals surface area contributed by atoms with Crippen LogP contribution in [0.3, 0.4) is 0 Å². The molecule has 0 fully saturated rings. The maximum atomic E-state index is 11.7. The molecule has 1 amide bonds. The van der Waals surface area contributed by atoms with Gasteiger partial charge in [0.1, 0.15) is 0 Å². The predicted octanol–water partition coefficient (Wildman–Crippen LogP) is 2.88. The zero-order valence-electron chi connectivity index (χ0n) is 10.4. The topological polar surface area (TPSA) is 20.3 Å². The molecule has 1 atom stereocenters. The lowest BCUT2D eigenvalue weighted by atomic mass is 10.1. The second-order valence-corrected chi connectivity index (χ2v) is 4.89. The monoisotopic (exact) mass is 237 g/mol. The third kappa shape index (κ3) is 3.27. The van der Waals surface area contributed by atoms with Gasteiger partial charge in [0.2, 0.25) is 5.91 Å². The molecular formula is C13H19NOS. The second kappa shape index (κ2) is 5.94. The van der Waals surface area contributed by atoms with E-state index in [2.05, 4.69) is 38.1 Å². The molecule has 0 aliphatic heterocycles. The lowest BCUT2D eigenvalue weighted by Gasteiger charge is -2.25. The molecule has 1 aromatic rings. The first-order chi connectivity index (χ1) is 7.56. The molecule has 1 rings (SSSR count). The second-order valence-electron chi connectivity index (χ2n) is 4.02. The van der Waals surface area contributed by atoms with Crippen LogP contribution in [-0.4, -0.2) is 29.9 Å². The van der Waals surface area contributed by atoms with Gasteiger partial charge >= 0.3 is 0 Å². The fourth-order valence-corrected chi connectivity index (χ4v) is 1.96. The van der Waals surface area contributed by atoms with Crippen LogP contribution in [-0.2, 0) is 4.79 Å². The van der Waals surface area contributed by atoms with Crippen LogP contribution >= 0.6 is 11.8 Å². The minimum atomic E-state index is 0.139. The van der Waals surface area contributed by atoms with Crippen molar-refractivity contribution in [2.45, 2.75) is 19.9 Å². The third-order valence-electron chi connectivity index (χ3n) is 2.80. The molecule has 16 heavy (non-hydrogen) atoms. The number of aryl methyl sites for hydroxylation is 1. The van der Waals surface area contributed by atoms with Crippen molar-refractivity contribution in [3.8, 4) is 0 Å². The van der Waals surface area contributed by atoms with Crippen LogP contribution in [0.2, 0.25) is 0 Å². The minimum Gasteiger partial charge on any atom is -0.338 e. The van der Waals surface area contributed by atoms with Crippen molar-refractivity contribution in [3.05, 3.63) is 35.4 Å². The van der Waals surface area contributed by atoms with E-state index < -0.39 is 0 Å². The van der Waals surface area contributed by atoms with Gasteiger partial charge in [0.25, 0.3) is 0 Å². The molecule has 0 aromatic heterocycles. The van der Waals surface area contributed by atoms with E-state index in [9.17, 15) is 4.79 Å². The number of thioether (sulfide) groups is 1. The standard InChI is InChI=1S/C13H19NOS/c1-10-5-7-12(8-6-10)11(2)14(3)13(15)9-16-4/h5-8,11H,9H2,1-4H3. The first-order valence-corrected chi connectivity index (χ1v) is 6.76. The van der Waals surface area contributed by atoms with Crippen LogP contribution in [0.4, 0.5) is 0 Å². The fraction of sp³-hybridized carbons (Fsp3) is 0.462. The fourth-order valence-electron chi connectivity index (χ4n) is 1.51. The van der Waals surface area contributed by atoms with Crippen molar-refractivity contribution in [2.75, 3.05) is 19.1 Å². The molecule has 0 spiro atoms. The first kappa shape index (κ1) is 13.1. The highest BCUT2D eigenvalue weighted by Gasteiger charge is 2.16.